The van der Waals surface area contributed by atoms with E-state index in [-0.39, 0.29) is 23.2 Å². The molecular formula is C17H24FN4O2S2+. The third kappa shape index (κ3) is 4.57. The molecule has 9 heteroatoms. The van der Waals surface area contributed by atoms with E-state index in [1.807, 2.05) is 24.7 Å². The lowest BCUT2D eigenvalue weighted by molar-refractivity contribution is -0.917. The van der Waals surface area contributed by atoms with Crippen LogP contribution in [0.5, 0.6) is 0 Å². The molecule has 2 aromatic rings. The number of quaternary nitrogens is 1. The lowest BCUT2D eigenvalue weighted by Crippen LogP contribution is -3.07. The summed E-state index contributed by atoms with van der Waals surface area (Å²) in [6, 6.07) is 6.57. The monoisotopic (exact) mass is 399 g/mol. The number of benzene rings is 1. The summed E-state index contributed by atoms with van der Waals surface area (Å²) in [5.41, 5.74) is 0.918. The van der Waals surface area contributed by atoms with Gasteiger partial charge in [0.1, 0.15) is 18.2 Å². The van der Waals surface area contributed by atoms with Gasteiger partial charge in [-0.2, -0.15) is 9.78 Å². The Morgan fingerprint density at radius 1 is 1.42 bits per heavy atom. The third-order valence-electron chi connectivity index (χ3n) is 4.74. The van der Waals surface area contributed by atoms with Gasteiger partial charge in [0, 0.05) is 19.0 Å². The lowest BCUT2D eigenvalue weighted by atomic mass is 10.1. The van der Waals surface area contributed by atoms with Crippen molar-refractivity contribution in [3.8, 4) is 0 Å². The average Bonchev–Trinajstić information content (AvgIpc) is 3.02. The van der Waals surface area contributed by atoms with Gasteiger partial charge >= 0.3 is 0 Å². The van der Waals surface area contributed by atoms with Crippen molar-refractivity contribution >= 4 is 22.1 Å². The Morgan fingerprint density at radius 2 is 2.19 bits per heavy atom. The van der Waals surface area contributed by atoms with E-state index in [0.29, 0.717) is 30.8 Å². The summed E-state index contributed by atoms with van der Waals surface area (Å²) in [6.45, 7) is 1.22. The predicted molar refractivity (Wildman–Crippen MR) is 99.5 cm³/mol. The van der Waals surface area contributed by atoms with E-state index >= 15 is 0 Å². The topological polar surface area (TPSA) is 61.3 Å². The second kappa shape index (κ2) is 7.58. The maximum absolute atomic E-state index is 13.3. The maximum atomic E-state index is 13.3. The highest BCUT2D eigenvalue weighted by Crippen LogP contribution is 2.21. The number of hydrogen-bond donors (Lipinski definition) is 1. The van der Waals surface area contributed by atoms with Gasteiger partial charge in [0.15, 0.2) is 16.5 Å². The van der Waals surface area contributed by atoms with Crippen LogP contribution >= 0.6 is 12.2 Å². The Hall–Kier alpha value is -1.58. The summed E-state index contributed by atoms with van der Waals surface area (Å²) in [5.74, 6) is 1.19. The van der Waals surface area contributed by atoms with E-state index in [2.05, 4.69) is 5.10 Å². The Labute approximate surface area is 158 Å². The van der Waals surface area contributed by atoms with Crippen LogP contribution < -0.4 is 4.90 Å². The van der Waals surface area contributed by atoms with Crippen molar-refractivity contribution in [2.45, 2.75) is 26.1 Å². The van der Waals surface area contributed by atoms with E-state index in [4.69, 9.17) is 12.2 Å². The van der Waals surface area contributed by atoms with Gasteiger partial charge < -0.3 is 9.47 Å². The van der Waals surface area contributed by atoms with Crippen molar-refractivity contribution in [2.75, 3.05) is 18.6 Å². The number of aromatic nitrogens is 3. The first kappa shape index (κ1) is 19.2. The second-order valence-electron chi connectivity index (χ2n) is 7.15. The average molecular weight is 400 g/mol. The molecule has 2 atom stereocenters. The number of rotatable bonds is 6. The largest absolute Gasteiger partial charge is 0.315 e. The van der Waals surface area contributed by atoms with Crippen LogP contribution in [0.2, 0.25) is 0 Å². The van der Waals surface area contributed by atoms with Gasteiger partial charge in [0.2, 0.25) is 4.77 Å². The molecule has 2 heterocycles. The second-order valence-corrected chi connectivity index (χ2v) is 9.75. The zero-order chi connectivity index (χ0) is 18.9. The summed E-state index contributed by atoms with van der Waals surface area (Å²) in [4.78, 5) is 1.12. The van der Waals surface area contributed by atoms with E-state index < -0.39 is 9.84 Å². The molecule has 1 N–H and O–H groups in total. The highest BCUT2D eigenvalue weighted by atomic mass is 32.2. The normalized spacial score (nSPS) is 20.3. The summed E-state index contributed by atoms with van der Waals surface area (Å²) in [5, 5.41) is 4.61. The lowest BCUT2D eigenvalue weighted by Gasteiger charge is -2.13. The van der Waals surface area contributed by atoms with E-state index in [0.717, 1.165) is 16.3 Å². The quantitative estimate of drug-likeness (QED) is 0.728. The van der Waals surface area contributed by atoms with Gasteiger partial charge in [0.05, 0.1) is 18.6 Å². The highest BCUT2D eigenvalue weighted by Gasteiger charge is 2.29. The number of hydrogen-bond acceptors (Lipinski definition) is 4. The maximum Gasteiger partial charge on any atom is 0.202 e. The van der Waals surface area contributed by atoms with Crippen LogP contribution in [-0.4, -0.2) is 41.3 Å². The van der Waals surface area contributed by atoms with Crippen LogP contribution in [0.25, 0.3) is 0 Å². The van der Waals surface area contributed by atoms with Gasteiger partial charge in [-0.15, -0.1) is 0 Å². The zero-order valence-corrected chi connectivity index (χ0v) is 16.6. The van der Waals surface area contributed by atoms with Crippen molar-refractivity contribution in [2.24, 2.45) is 13.0 Å². The minimum absolute atomic E-state index is 0.112. The molecule has 1 saturated heterocycles. The third-order valence-corrected chi connectivity index (χ3v) is 7.07. The predicted octanol–water partition coefficient (Wildman–Crippen LogP) is 0.740. The number of halogens is 1. The number of nitrogens with zero attached hydrogens (tertiary/aromatic N) is 3. The Morgan fingerprint density at radius 3 is 2.85 bits per heavy atom. The van der Waals surface area contributed by atoms with Gasteiger partial charge in [-0.05, 0) is 36.7 Å². The molecule has 26 heavy (non-hydrogen) atoms. The summed E-state index contributed by atoms with van der Waals surface area (Å²) >= 11 is 5.48. The highest BCUT2D eigenvalue weighted by molar-refractivity contribution is 7.91. The Balaban J connectivity index is 1.68. The molecule has 0 amide bonds. The standard InChI is InChI=1S/C17H23FN4O2S2/c1-20(10-13-4-3-5-15(18)8-13)12-22-17(25)21(2)16(19-22)9-14-6-7-26(23,24)11-14/h3-5,8,14H,6-7,9-12H2,1-2H3/p+1/t14-/m1/s1. The molecule has 0 radical (unpaired) electrons. The first-order chi connectivity index (χ1) is 12.2. The van der Waals surface area contributed by atoms with E-state index in [1.165, 1.54) is 12.1 Å². The molecule has 1 aliphatic heterocycles. The fourth-order valence-electron chi connectivity index (χ4n) is 3.41. The first-order valence-corrected chi connectivity index (χ1v) is 10.9. The zero-order valence-electron chi connectivity index (χ0n) is 15.0. The molecule has 1 aromatic carbocycles. The van der Waals surface area contributed by atoms with Crippen molar-refractivity contribution in [1.82, 2.24) is 14.3 Å². The molecule has 0 spiro atoms. The molecule has 0 saturated carbocycles. The first-order valence-electron chi connectivity index (χ1n) is 8.62. The molecule has 1 unspecified atom stereocenters. The molecule has 142 valence electrons. The molecule has 6 nitrogen and oxygen atoms in total. The van der Waals surface area contributed by atoms with E-state index in [1.54, 1.807) is 10.7 Å². The van der Waals surface area contributed by atoms with Crippen LogP contribution in [0.4, 0.5) is 4.39 Å². The molecule has 1 aromatic heterocycles. The summed E-state index contributed by atoms with van der Waals surface area (Å²) < 4.78 is 40.9. The van der Waals surface area contributed by atoms with Gasteiger partial charge in [-0.25, -0.2) is 12.8 Å². The fourth-order valence-corrected chi connectivity index (χ4v) is 5.48. The minimum atomic E-state index is -2.89. The van der Waals surface area contributed by atoms with Gasteiger partial charge in [-0.3, -0.25) is 0 Å². The van der Waals surface area contributed by atoms with Crippen LogP contribution in [0.3, 0.4) is 0 Å². The molecule has 3 rings (SSSR count). The van der Waals surface area contributed by atoms with E-state index in [9.17, 15) is 12.8 Å². The van der Waals surface area contributed by atoms with Crippen molar-refractivity contribution < 1.29 is 17.7 Å². The molecule has 0 aliphatic carbocycles. The van der Waals surface area contributed by atoms with Crippen LogP contribution in [0.15, 0.2) is 24.3 Å². The minimum Gasteiger partial charge on any atom is -0.315 e. The van der Waals surface area contributed by atoms with Crippen molar-refractivity contribution in [1.29, 1.82) is 0 Å². The molecular weight excluding hydrogens is 375 g/mol. The van der Waals surface area contributed by atoms with Crippen molar-refractivity contribution in [3.63, 3.8) is 0 Å². The SMILES string of the molecule is Cn1c(C[C@H]2CCS(=O)(=O)C2)nn(C[NH+](C)Cc2cccc(F)c2)c1=S. The van der Waals surface area contributed by atoms with Crippen LogP contribution in [0.1, 0.15) is 17.8 Å². The van der Waals surface area contributed by atoms with Gasteiger partial charge in [-0.1, -0.05) is 12.1 Å². The van der Waals surface area contributed by atoms with Crippen LogP contribution in [0, 0.1) is 16.5 Å². The Kier molecular flexibility index (Phi) is 5.59. The smallest absolute Gasteiger partial charge is 0.202 e. The summed E-state index contributed by atoms with van der Waals surface area (Å²) in [7, 11) is 0.979. The molecule has 1 fully saturated rings. The molecule has 0 bridgehead atoms. The van der Waals surface area contributed by atoms with Crippen LogP contribution in [-0.2, 0) is 36.5 Å². The fraction of sp³-hybridized carbons (Fsp3) is 0.529. The van der Waals surface area contributed by atoms with Gasteiger partial charge in [0.25, 0.3) is 0 Å². The van der Waals surface area contributed by atoms with Crippen molar-refractivity contribution in [3.05, 3.63) is 46.2 Å². The number of nitrogens with one attached hydrogen (secondary N) is 1. The molecule has 1 aliphatic rings. The number of sulfone groups is 1. The summed E-state index contributed by atoms with van der Waals surface area (Å²) in [6.07, 6.45) is 1.31. The Bertz CT molecular complexity index is 952.